The molecule has 1 aromatic heterocycles. The average Bonchev–Trinajstić information content (AvgIpc) is 2.73. The van der Waals surface area contributed by atoms with Gasteiger partial charge in [0.2, 0.25) is 0 Å². The number of phenols is 1. The number of benzene rings is 1. The molecule has 0 bridgehead atoms. The minimum Gasteiger partial charge on any atom is -0.506 e. The molecular weight excluding hydrogens is 361 g/mol. The number of carbonyl (C=O) groups excluding carboxylic acids is 2. The van der Waals surface area contributed by atoms with E-state index in [1.807, 2.05) is 5.32 Å². The second-order valence-corrected chi connectivity index (χ2v) is 5.36. The van der Waals surface area contributed by atoms with Gasteiger partial charge in [-0.15, -0.1) is 0 Å². The van der Waals surface area contributed by atoms with E-state index in [4.69, 9.17) is 5.73 Å². The number of hydrogen-bond donors (Lipinski definition) is 3. The van der Waals surface area contributed by atoms with E-state index < -0.39 is 40.4 Å². The third kappa shape index (κ3) is 1.82. The Morgan fingerprint density at radius 1 is 1.23 bits per heavy atom. The van der Waals surface area contributed by atoms with Crippen LogP contribution in [0, 0.1) is 5.82 Å². The van der Waals surface area contributed by atoms with Crippen LogP contribution in [-0.4, -0.2) is 21.5 Å². The highest BCUT2D eigenvalue weighted by Crippen LogP contribution is 2.32. The van der Waals surface area contributed by atoms with Crippen LogP contribution in [0.5, 0.6) is 5.75 Å². The van der Waals surface area contributed by atoms with Gasteiger partial charge in [0.15, 0.2) is 5.82 Å². The largest absolute Gasteiger partial charge is 0.506 e. The maximum Gasteiger partial charge on any atom is 0.262 e. The van der Waals surface area contributed by atoms with E-state index in [0.717, 1.165) is 12.1 Å². The van der Waals surface area contributed by atoms with Gasteiger partial charge in [-0.25, -0.2) is 4.39 Å². The molecule has 9 heteroatoms. The van der Waals surface area contributed by atoms with Crippen molar-refractivity contribution >= 4 is 33.6 Å². The van der Waals surface area contributed by atoms with Crippen LogP contribution in [0.4, 0.5) is 10.2 Å². The Hall–Kier alpha value is -2.68. The van der Waals surface area contributed by atoms with Gasteiger partial charge in [0.05, 0.1) is 15.6 Å². The van der Waals surface area contributed by atoms with Crippen LogP contribution in [0.15, 0.2) is 27.5 Å². The van der Waals surface area contributed by atoms with Crippen molar-refractivity contribution in [1.82, 2.24) is 9.88 Å². The fourth-order valence-corrected chi connectivity index (χ4v) is 2.57. The highest BCUT2D eigenvalue weighted by atomic mass is 79.9. The number of phenolic OH excluding ortho intramolecular Hbond substituents is 1. The summed E-state index contributed by atoms with van der Waals surface area (Å²) in [4.78, 5) is 35.5. The number of nitrogens with two attached hydrogens (primary N) is 1. The van der Waals surface area contributed by atoms with Crippen LogP contribution >= 0.6 is 15.9 Å². The first-order valence-electron chi connectivity index (χ1n) is 5.91. The third-order valence-electron chi connectivity index (χ3n) is 3.22. The summed E-state index contributed by atoms with van der Waals surface area (Å²) in [5, 5.41) is 11.8. The average molecular weight is 368 g/mol. The Bertz CT molecular complexity index is 922. The number of aromatic hydroxyl groups is 1. The van der Waals surface area contributed by atoms with Crippen LogP contribution in [0.3, 0.4) is 0 Å². The van der Waals surface area contributed by atoms with Crippen molar-refractivity contribution in [3.8, 4) is 11.4 Å². The van der Waals surface area contributed by atoms with Gasteiger partial charge in [-0.05, 0) is 28.1 Å². The topological polar surface area (TPSA) is 114 Å². The highest BCUT2D eigenvalue weighted by molar-refractivity contribution is 9.10. The van der Waals surface area contributed by atoms with Crippen molar-refractivity contribution in [3.63, 3.8) is 0 Å². The van der Waals surface area contributed by atoms with E-state index in [0.29, 0.717) is 4.57 Å². The van der Waals surface area contributed by atoms with Gasteiger partial charge in [0.25, 0.3) is 17.4 Å². The molecule has 1 aromatic carbocycles. The lowest BCUT2D eigenvalue weighted by molar-refractivity contribution is 0.0880. The number of nitrogens with one attached hydrogen (secondary N) is 1. The number of aromatic nitrogens is 1. The summed E-state index contributed by atoms with van der Waals surface area (Å²) in [6.07, 6.45) is 0. The van der Waals surface area contributed by atoms with E-state index in [1.54, 1.807) is 0 Å². The van der Waals surface area contributed by atoms with Crippen molar-refractivity contribution in [1.29, 1.82) is 0 Å². The van der Waals surface area contributed by atoms with Gasteiger partial charge >= 0.3 is 0 Å². The van der Waals surface area contributed by atoms with Gasteiger partial charge in [0.1, 0.15) is 17.3 Å². The van der Waals surface area contributed by atoms with Crippen molar-refractivity contribution in [3.05, 3.63) is 50.0 Å². The third-order valence-corrected chi connectivity index (χ3v) is 3.84. The predicted octanol–water partition coefficient (Wildman–Crippen LogP) is 0.910. The summed E-state index contributed by atoms with van der Waals surface area (Å²) in [5.74, 6) is -3.45. The molecule has 112 valence electrons. The SMILES string of the molecule is Nc1c2c(cc(=O)n1-c1c(O)ccc(Br)c1F)C(=O)NC2=O. The number of imide groups is 1. The van der Waals surface area contributed by atoms with E-state index in [2.05, 4.69) is 15.9 Å². The predicted molar refractivity (Wildman–Crippen MR) is 77.6 cm³/mol. The van der Waals surface area contributed by atoms with Gasteiger partial charge < -0.3 is 10.8 Å². The van der Waals surface area contributed by atoms with Crippen LogP contribution < -0.4 is 16.6 Å². The molecule has 2 heterocycles. The van der Waals surface area contributed by atoms with Crippen molar-refractivity contribution in [2.24, 2.45) is 0 Å². The molecule has 2 aromatic rings. The van der Waals surface area contributed by atoms with Crippen LogP contribution in [0.25, 0.3) is 5.69 Å². The summed E-state index contributed by atoms with van der Waals surface area (Å²) in [6.45, 7) is 0. The number of nitrogen functional groups attached to an aromatic ring is 1. The number of nitrogens with zero attached hydrogens (tertiary/aromatic N) is 1. The second-order valence-electron chi connectivity index (χ2n) is 4.50. The van der Waals surface area contributed by atoms with Gasteiger partial charge in [-0.3, -0.25) is 24.3 Å². The summed E-state index contributed by atoms with van der Waals surface area (Å²) >= 11 is 2.93. The Kier molecular flexibility index (Phi) is 3.03. The molecule has 0 atom stereocenters. The molecule has 0 radical (unpaired) electrons. The first-order chi connectivity index (χ1) is 10.3. The Morgan fingerprint density at radius 3 is 2.59 bits per heavy atom. The zero-order valence-electron chi connectivity index (χ0n) is 10.7. The minimum absolute atomic E-state index is 0.00683. The number of halogens is 2. The lowest BCUT2D eigenvalue weighted by atomic mass is 10.1. The molecule has 3 rings (SSSR count). The lowest BCUT2D eigenvalue weighted by Gasteiger charge is -2.14. The summed E-state index contributed by atoms with van der Waals surface area (Å²) in [6, 6.07) is 3.28. The second kappa shape index (κ2) is 4.67. The molecule has 0 aliphatic carbocycles. The Morgan fingerprint density at radius 2 is 1.91 bits per heavy atom. The van der Waals surface area contributed by atoms with Crippen molar-refractivity contribution in [2.45, 2.75) is 0 Å². The number of anilines is 1. The number of pyridine rings is 1. The van der Waals surface area contributed by atoms with Crippen LogP contribution in [0.2, 0.25) is 0 Å². The smallest absolute Gasteiger partial charge is 0.262 e. The first-order valence-corrected chi connectivity index (χ1v) is 6.70. The number of carbonyl (C=O) groups is 2. The van der Waals surface area contributed by atoms with Gasteiger partial charge in [0, 0.05) is 6.07 Å². The molecule has 1 aliphatic heterocycles. The fraction of sp³-hybridized carbons (Fsp3) is 0. The van der Waals surface area contributed by atoms with Crippen LogP contribution in [-0.2, 0) is 0 Å². The van der Waals surface area contributed by atoms with Crippen molar-refractivity contribution < 1.29 is 19.1 Å². The number of rotatable bonds is 1. The molecule has 0 saturated heterocycles. The molecule has 22 heavy (non-hydrogen) atoms. The fourth-order valence-electron chi connectivity index (χ4n) is 2.25. The summed E-state index contributed by atoms with van der Waals surface area (Å²) in [5.41, 5.74) is 3.99. The van der Waals surface area contributed by atoms with E-state index in [9.17, 15) is 23.9 Å². The molecule has 0 saturated carbocycles. The molecule has 0 fully saturated rings. The number of hydrogen-bond acceptors (Lipinski definition) is 5. The lowest BCUT2D eigenvalue weighted by Crippen LogP contribution is -2.25. The summed E-state index contributed by atoms with van der Waals surface area (Å²) < 4.78 is 14.9. The molecule has 7 nitrogen and oxygen atoms in total. The van der Waals surface area contributed by atoms with E-state index in [1.165, 1.54) is 6.07 Å². The quantitative estimate of drug-likeness (QED) is 0.648. The van der Waals surface area contributed by atoms with E-state index in [-0.39, 0.29) is 15.6 Å². The van der Waals surface area contributed by atoms with Gasteiger partial charge in [-0.1, -0.05) is 0 Å². The molecule has 4 N–H and O–H groups in total. The molecule has 1 aliphatic rings. The normalized spacial score (nSPS) is 13.2. The molecule has 0 unspecified atom stereocenters. The minimum atomic E-state index is -0.932. The number of amides is 2. The zero-order valence-corrected chi connectivity index (χ0v) is 12.3. The molecular formula is C13H7BrFN3O4. The maximum atomic E-state index is 14.2. The Balaban J connectivity index is 2.43. The summed E-state index contributed by atoms with van der Waals surface area (Å²) in [7, 11) is 0. The maximum absolute atomic E-state index is 14.2. The standard InChI is InChI=1S/C13H7BrFN3O4/c14-5-1-2-6(19)10(9(5)15)18-7(20)3-4-8(11(18)16)13(22)17-12(4)21/h1-3,19H,16H2,(H,17,21,22). The zero-order chi connectivity index (χ0) is 16.2. The molecule has 0 spiro atoms. The first kappa shape index (κ1) is 14.3. The Labute approximate surface area is 130 Å². The highest BCUT2D eigenvalue weighted by Gasteiger charge is 2.32. The van der Waals surface area contributed by atoms with Gasteiger partial charge in [-0.2, -0.15) is 0 Å². The van der Waals surface area contributed by atoms with E-state index >= 15 is 0 Å². The monoisotopic (exact) mass is 367 g/mol. The molecule has 2 amide bonds. The van der Waals surface area contributed by atoms with Crippen molar-refractivity contribution in [2.75, 3.05) is 5.73 Å². The number of fused-ring (bicyclic) bond motifs is 1. The van der Waals surface area contributed by atoms with Crippen LogP contribution in [0.1, 0.15) is 20.7 Å².